The van der Waals surface area contributed by atoms with E-state index < -0.39 is 11.3 Å². The van der Waals surface area contributed by atoms with Crippen LogP contribution in [0.2, 0.25) is 0 Å². The molecule has 1 aromatic heterocycles. The lowest BCUT2D eigenvalue weighted by Gasteiger charge is -2.31. The highest BCUT2D eigenvalue weighted by molar-refractivity contribution is 5.30. The summed E-state index contributed by atoms with van der Waals surface area (Å²) in [7, 11) is 0. The first-order chi connectivity index (χ1) is 6.22. The van der Waals surface area contributed by atoms with Gasteiger partial charge in [0.1, 0.15) is 0 Å². The van der Waals surface area contributed by atoms with Crippen molar-refractivity contribution in [2.45, 2.75) is 33.2 Å². The van der Waals surface area contributed by atoms with Gasteiger partial charge in [-0.2, -0.15) is 5.10 Å². The Balaban J connectivity index is 2.78. The third-order valence-electron chi connectivity index (χ3n) is 2.40. The molecule has 0 spiro atoms. The molecule has 0 aromatic carbocycles. The molecule has 0 aliphatic carbocycles. The standard InChI is InChI=1S/C9H15F2N3/c1-8(2,9(3,10)11)6-14-5-7(12)4-13-14/h4-5H,6,12H2,1-3H3. The second-order valence-electron chi connectivity index (χ2n) is 4.24. The summed E-state index contributed by atoms with van der Waals surface area (Å²) < 4.78 is 27.7. The summed E-state index contributed by atoms with van der Waals surface area (Å²) in [6.45, 7) is 4.07. The number of alkyl halides is 2. The maximum Gasteiger partial charge on any atom is 0.252 e. The molecule has 80 valence electrons. The number of aromatic nitrogens is 2. The molecule has 3 nitrogen and oxygen atoms in total. The summed E-state index contributed by atoms with van der Waals surface area (Å²) in [5.74, 6) is -2.74. The van der Waals surface area contributed by atoms with Gasteiger partial charge < -0.3 is 5.73 Å². The predicted molar refractivity (Wildman–Crippen MR) is 51.0 cm³/mol. The Morgan fingerprint density at radius 1 is 1.43 bits per heavy atom. The summed E-state index contributed by atoms with van der Waals surface area (Å²) in [6, 6.07) is 0. The van der Waals surface area contributed by atoms with Crippen molar-refractivity contribution in [3.05, 3.63) is 12.4 Å². The molecule has 1 rings (SSSR count). The normalized spacial score (nSPS) is 13.2. The van der Waals surface area contributed by atoms with E-state index in [2.05, 4.69) is 5.10 Å². The van der Waals surface area contributed by atoms with Crippen molar-refractivity contribution in [1.29, 1.82) is 0 Å². The molecule has 0 fully saturated rings. The smallest absolute Gasteiger partial charge is 0.252 e. The van der Waals surface area contributed by atoms with E-state index in [-0.39, 0.29) is 6.54 Å². The number of hydrogen-bond donors (Lipinski definition) is 1. The molecule has 0 saturated carbocycles. The van der Waals surface area contributed by atoms with Crippen molar-refractivity contribution >= 4 is 5.69 Å². The van der Waals surface area contributed by atoms with E-state index in [9.17, 15) is 8.78 Å². The monoisotopic (exact) mass is 203 g/mol. The third-order valence-corrected chi connectivity index (χ3v) is 2.40. The molecule has 0 amide bonds. The second kappa shape index (κ2) is 3.22. The van der Waals surface area contributed by atoms with E-state index in [1.807, 2.05) is 0 Å². The highest BCUT2D eigenvalue weighted by Crippen LogP contribution is 2.36. The van der Waals surface area contributed by atoms with Crippen LogP contribution in [0.15, 0.2) is 12.4 Å². The van der Waals surface area contributed by atoms with E-state index in [0.717, 1.165) is 6.92 Å². The fourth-order valence-electron chi connectivity index (χ4n) is 1.01. The SMILES string of the molecule is CC(F)(F)C(C)(C)Cn1cc(N)cn1. The van der Waals surface area contributed by atoms with Gasteiger partial charge >= 0.3 is 0 Å². The van der Waals surface area contributed by atoms with Crippen LogP contribution >= 0.6 is 0 Å². The van der Waals surface area contributed by atoms with Crippen LogP contribution in [0.5, 0.6) is 0 Å². The number of rotatable bonds is 3. The van der Waals surface area contributed by atoms with Crippen molar-refractivity contribution in [3.8, 4) is 0 Å². The Bertz CT molecular complexity index is 312. The lowest BCUT2D eigenvalue weighted by Crippen LogP contribution is -2.37. The zero-order valence-corrected chi connectivity index (χ0v) is 8.59. The van der Waals surface area contributed by atoms with Crippen molar-refractivity contribution in [2.75, 3.05) is 5.73 Å². The molecule has 5 heteroatoms. The fraction of sp³-hybridized carbons (Fsp3) is 0.667. The van der Waals surface area contributed by atoms with Gasteiger partial charge in [0.15, 0.2) is 0 Å². The molecule has 0 bridgehead atoms. The topological polar surface area (TPSA) is 43.8 Å². The molecule has 0 aliphatic rings. The van der Waals surface area contributed by atoms with Gasteiger partial charge in [-0.05, 0) is 6.92 Å². The highest BCUT2D eigenvalue weighted by Gasteiger charge is 2.42. The maximum atomic E-state index is 13.1. The van der Waals surface area contributed by atoms with Gasteiger partial charge in [-0.15, -0.1) is 0 Å². The third kappa shape index (κ3) is 2.21. The Morgan fingerprint density at radius 3 is 2.36 bits per heavy atom. The molecule has 0 unspecified atom stereocenters. The molecule has 14 heavy (non-hydrogen) atoms. The van der Waals surface area contributed by atoms with Gasteiger partial charge in [0.2, 0.25) is 0 Å². The average molecular weight is 203 g/mol. The van der Waals surface area contributed by atoms with E-state index in [1.165, 1.54) is 24.7 Å². The van der Waals surface area contributed by atoms with E-state index in [4.69, 9.17) is 5.73 Å². The minimum atomic E-state index is -2.74. The number of anilines is 1. The van der Waals surface area contributed by atoms with Crippen LogP contribution in [0.25, 0.3) is 0 Å². The number of halogens is 2. The van der Waals surface area contributed by atoms with Gasteiger partial charge in [-0.25, -0.2) is 8.78 Å². The zero-order chi connectivity index (χ0) is 11.0. The molecule has 2 N–H and O–H groups in total. The largest absolute Gasteiger partial charge is 0.396 e. The molecule has 0 aliphatic heterocycles. The first-order valence-electron chi connectivity index (χ1n) is 4.38. The Labute approximate surface area is 81.9 Å². The molecule has 1 heterocycles. The molecule has 0 saturated heterocycles. The highest BCUT2D eigenvalue weighted by atomic mass is 19.3. The first kappa shape index (κ1) is 10.9. The summed E-state index contributed by atoms with van der Waals surface area (Å²) >= 11 is 0. The quantitative estimate of drug-likeness (QED) is 0.818. The zero-order valence-electron chi connectivity index (χ0n) is 8.59. The van der Waals surface area contributed by atoms with Gasteiger partial charge in [0.05, 0.1) is 18.4 Å². The second-order valence-corrected chi connectivity index (χ2v) is 4.24. The maximum absolute atomic E-state index is 13.1. The van der Waals surface area contributed by atoms with Gasteiger partial charge in [-0.1, -0.05) is 13.8 Å². The predicted octanol–water partition coefficient (Wildman–Crippen LogP) is 2.15. The number of nitrogen functional groups attached to an aromatic ring is 1. The molecular weight excluding hydrogens is 188 g/mol. The van der Waals surface area contributed by atoms with Crippen LogP contribution in [0.3, 0.4) is 0 Å². The molecule has 1 aromatic rings. The van der Waals surface area contributed by atoms with Crippen LogP contribution < -0.4 is 5.73 Å². The summed E-state index contributed by atoms with van der Waals surface area (Å²) in [6.07, 6.45) is 3.00. The van der Waals surface area contributed by atoms with E-state index in [1.54, 1.807) is 6.20 Å². The Hall–Kier alpha value is -1.13. The van der Waals surface area contributed by atoms with Crippen molar-refractivity contribution < 1.29 is 8.78 Å². The van der Waals surface area contributed by atoms with Crippen molar-refractivity contribution in [1.82, 2.24) is 9.78 Å². The minimum Gasteiger partial charge on any atom is -0.396 e. The molecule has 0 atom stereocenters. The average Bonchev–Trinajstić information content (AvgIpc) is 2.31. The molecular formula is C9H15F2N3. The summed E-state index contributed by atoms with van der Waals surface area (Å²) in [5, 5.41) is 3.87. The first-order valence-corrected chi connectivity index (χ1v) is 4.38. The Kier molecular flexibility index (Phi) is 2.52. The molecule has 0 radical (unpaired) electrons. The van der Waals surface area contributed by atoms with Gasteiger partial charge in [0, 0.05) is 11.6 Å². The Morgan fingerprint density at radius 2 is 2.00 bits per heavy atom. The number of nitrogens with zero attached hydrogens (tertiary/aromatic N) is 2. The summed E-state index contributed by atoms with van der Waals surface area (Å²) in [4.78, 5) is 0. The van der Waals surface area contributed by atoms with Crippen LogP contribution in [-0.4, -0.2) is 15.7 Å². The van der Waals surface area contributed by atoms with Crippen LogP contribution in [-0.2, 0) is 6.54 Å². The fourth-order valence-corrected chi connectivity index (χ4v) is 1.01. The minimum absolute atomic E-state index is 0.147. The van der Waals surface area contributed by atoms with E-state index >= 15 is 0 Å². The van der Waals surface area contributed by atoms with Crippen LogP contribution in [0.1, 0.15) is 20.8 Å². The number of hydrogen-bond acceptors (Lipinski definition) is 2. The van der Waals surface area contributed by atoms with Crippen LogP contribution in [0, 0.1) is 5.41 Å². The van der Waals surface area contributed by atoms with Crippen LogP contribution in [0.4, 0.5) is 14.5 Å². The summed E-state index contributed by atoms with van der Waals surface area (Å²) in [5.41, 5.74) is 4.79. The number of nitrogens with two attached hydrogens (primary N) is 1. The van der Waals surface area contributed by atoms with E-state index in [0.29, 0.717) is 5.69 Å². The lowest BCUT2D eigenvalue weighted by molar-refractivity contribution is -0.0973. The lowest BCUT2D eigenvalue weighted by atomic mass is 9.86. The van der Waals surface area contributed by atoms with Crippen molar-refractivity contribution in [2.24, 2.45) is 5.41 Å². The van der Waals surface area contributed by atoms with Gasteiger partial charge in [0.25, 0.3) is 5.92 Å². The van der Waals surface area contributed by atoms with Gasteiger partial charge in [-0.3, -0.25) is 4.68 Å². The van der Waals surface area contributed by atoms with Crippen molar-refractivity contribution in [3.63, 3.8) is 0 Å².